The first-order chi connectivity index (χ1) is 17.6. The number of nitrogens with one attached hydrogen (secondary N) is 1. The number of amides is 2. The van der Waals surface area contributed by atoms with Gasteiger partial charge in [0.1, 0.15) is 12.6 Å². The van der Waals surface area contributed by atoms with Crippen LogP contribution in [0.5, 0.6) is 0 Å². The SMILES string of the molecule is CCNC(=O)C(Cc1ccccc1)N(Cc1ccc(Br)cc1)C(=O)CN(c1ccccc1Br)S(C)(=O)=O. The van der Waals surface area contributed by atoms with Crippen molar-refractivity contribution in [2.75, 3.05) is 23.7 Å². The first-order valence-corrected chi connectivity index (χ1v) is 15.1. The quantitative estimate of drug-likeness (QED) is 0.325. The van der Waals surface area contributed by atoms with Crippen LogP contribution in [-0.4, -0.2) is 50.5 Å². The second-order valence-corrected chi connectivity index (χ2v) is 12.1. The Balaban J connectivity index is 2.04. The van der Waals surface area contributed by atoms with Crippen LogP contribution < -0.4 is 9.62 Å². The Bertz CT molecular complexity index is 1320. The van der Waals surface area contributed by atoms with Gasteiger partial charge in [-0.2, -0.15) is 0 Å². The van der Waals surface area contributed by atoms with Gasteiger partial charge in [0.05, 0.1) is 11.9 Å². The number of hydrogen-bond acceptors (Lipinski definition) is 4. The van der Waals surface area contributed by atoms with Crippen molar-refractivity contribution in [1.29, 1.82) is 0 Å². The standard InChI is InChI=1S/C27H29Br2N3O4S/c1-3-30-27(34)25(17-20-9-5-4-6-10-20)31(18-21-13-15-22(28)16-14-21)26(33)19-32(37(2,35)36)24-12-8-7-11-23(24)29/h4-16,25H,3,17-19H2,1-2H3,(H,30,34). The minimum Gasteiger partial charge on any atom is -0.355 e. The van der Waals surface area contributed by atoms with E-state index in [2.05, 4.69) is 37.2 Å². The predicted molar refractivity (Wildman–Crippen MR) is 154 cm³/mol. The minimum atomic E-state index is -3.81. The van der Waals surface area contributed by atoms with E-state index in [0.717, 1.165) is 26.2 Å². The van der Waals surface area contributed by atoms with E-state index in [4.69, 9.17) is 0 Å². The highest BCUT2D eigenvalue weighted by Crippen LogP contribution is 2.28. The summed E-state index contributed by atoms with van der Waals surface area (Å²) >= 11 is 6.82. The molecule has 37 heavy (non-hydrogen) atoms. The third-order valence-corrected chi connectivity index (χ3v) is 8.01. The molecule has 1 unspecified atom stereocenters. The van der Waals surface area contributed by atoms with Crippen molar-refractivity contribution < 1.29 is 18.0 Å². The summed E-state index contributed by atoms with van der Waals surface area (Å²) in [7, 11) is -3.81. The van der Waals surface area contributed by atoms with Crippen molar-refractivity contribution in [3.8, 4) is 0 Å². The normalized spacial score (nSPS) is 12.0. The fraction of sp³-hybridized carbons (Fsp3) is 0.259. The highest BCUT2D eigenvalue weighted by Gasteiger charge is 2.33. The number of benzene rings is 3. The van der Waals surface area contributed by atoms with E-state index in [9.17, 15) is 18.0 Å². The molecule has 0 aliphatic carbocycles. The van der Waals surface area contributed by atoms with Crippen molar-refractivity contribution in [3.05, 3.63) is 98.9 Å². The zero-order valence-corrected chi connectivity index (χ0v) is 24.6. The number of rotatable bonds is 11. The summed E-state index contributed by atoms with van der Waals surface area (Å²) in [6.07, 6.45) is 1.34. The lowest BCUT2D eigenvalue weighted by Crippen LogP contribution is -2.53. The summed E-state index contributed by atoms with van der Waals surface area (Å²) in [6.45, 7) is 1.89. The Morgan fingerprint density at radius 2 is 1.51 bits per heavy atom. The van der Waals surface area contributed by atoms with Crippen LogP contribution in [0.15, 0.2) is 87.8 Å². The zero-order chi connectivity index (χ0) is 27.0. The summed E-state index contributed by atoms with van der Waals surface area (Å²) in [4.78, 5) is 28.7. The highest BCUT2D eigenvalue weighted by molar-refractivity contribution is 9.10. The van der Waals surface area contributed by atoms with Crippen molar-refractivity contribution >= 4 is 59.4 Å². The van der Waals surface area contributed by atoms with E-state index in [-0.39, 0.29) is 18.9 Å². The van der Waals surface area contributed by atoms with Crippen LogP contribution in [0, 0.1) is 0 Å². The molecule has 3 aromatic rings. The van der Waals surface area contributed by atoms with Crippen molar-refractivity contribution in [2.24, 2.45) is 0 Å². The molecule has 0 aromatic heterocycles. The van der Waals surface area contributed by atoms with E-state index in [1.54, 1.807) is 24.3 Å². The summed E-state index contributed by atoms with van der Waals surface area (Å²) in [6, 6.07) is 22.9. The summed E-state index contributed by atoms with van der Waals surface area (Å²) in [5, 5.41) is 2.84. The monoisotopic (exact) mass is 649 g/mol. The molecule has 0 fully saturated rings. The molecule has 0 bridgehead atoms. The molecular weight excluding hydrogens is 622 g/mol. The lowest BCUT2D eigenvalue weighted by Gasteiger charge is -2.33. The van der Waals surface area contributed by atoms with E-state index in [1.807, 2.05) is 61.5 Å². The Hall–Kier alpha value is -2.69. The molecule has 7 nitrogen and oxygen atoms in total. The third-order valence-electron chi connectivity index (χ3n) is 5.69. The van der Waals surface area contributed by atoms with E-state index < -0.39 is 28.5 Å². The van der Waals surface area contributed by atoms with Gasteiger partial charge in [0, 0.05) is 28.5 Å². The minimum absolute atomic E-state index is 0.133. The van der Waals surface area contributed by atoms with Gasteiger partial charge in [0.2, 0.25) is 21.8 Å². The lowest BCUT2D eigenvalue weighted by atomic mass is 10.0. The van der Waals surface area contributed by atoms with Crippen LogP contribution in [0.2, 0.25) is 0 Å². The molecule has 0 saturated heterocycles. The molecule has 0 spiro atoms. The van der Waals surface area contributed by atoms with E-state index in [1.165, 1.54) is 4.90 Å². The Labute approximate surface area is 235 Å². The lowest BCUT2D eigenvalue weighted by molar-refractivity contribution is -0.140. The molecule has 1 atom stereocenters. The van der Waals surface area contributed by atoms with Crippen LogP contribution in [0.1, 0.15) is 18.1 Å². The van der Waals surface area contributed by atoms with Gasteiger partial charge in [-0.3, -0.25) is 13.9 Å². The van der Waals surface area contributed by atoms with Gasteiger partial charge in [0.15, 0.2) is 0 Å². The number of para-hydroxylation sites is 1. The van der Waals surface area contributed by atoms with Gasteiger partial charge in [-0.1, -0.05) is 70.5 Å². The van der Waals surface area contributed by atoms with Crippen LogP contribution in [0.3, 0.4) is 0 Å². The average molecular weight is 651 g/mol. The van der Waals surface area contributed by atoms with Gasteiger partial charge >= 0.3 is 0 Å². The number of hydrogen-bond donors (Lipinski definition) is 1. The summed E-state index contributed by atoms with van der Waals surface area (Å²) in [5.41, 5.74) is 2.04. The molecule has 3 aromatic carbocycles. The summed E-state index contributed by atoms with van der Waals surface area (Å²) < 4.78 is 28.1. The van der Waals surface area contributed by atoms with Gasteiger partial charge < -0.3 is 10.2 Å². The number of likely N-dealkylation sites (N-methyl/N-ethyl adjacent to an activating group) is 1. The van der Waals surface area contributed by atoms with Crippen LogP contribution >= 0.6 is 31.9 Å². The molecule has 1 N–H and O–H groups in total. The zero-order valence-electron chi connectivity index (χ0n) is 20.6. The third kappa shape index (κ3) is 8.15. The Morgan fingerprint density at radius 3 is 2.11 bits per heavy atom. The molecule has 2 amide bonds. The van der Waals surface area contributed by atoms with Gasteiger partial charge in [-0.15, -0.1) is 0 Å². The Kier molecular flexibility index (Phi) is 10.3. The first kappa shape index (κ1) is 28.9. The number of carbonyl (C=O) groups excluding carboxylic acids is 2. The maximum Gasteiger partial charge on any atom is 0.244 e. The maximum absolute atomic E-state index is 13.9. The number of sulfonamides is 1. The fourth-order valence-electron chi connectivity index (χ4n) is 3.88. The molecule has 10 heteroatoms. The molecular formula is C27H29Br2N3O4S. The van der Waals surface area contributed by atoms with Crippen molar-refractivity contribution in [3.63, 3.8) is 0 Å². The largest absolute Gasteiger partial charge is 0.355 e. The number of halogens is 2. The fourth-order valence-corrected chi connectivity index (χ4v) is 5.62. The van der Waals surface area contributed by atoms with Crippen LogP contribution in [0.4, 0.5) is 5.69 Å². The van der Waals surface area contributed by atoms with Crippen molar-refractivity contribution in [2.45, 2.75) is 25.9 Å². The van der Waals surface area contributed by atoms with E-state index >= 15 is 0 Å². The Morgan fingerprint density at radius 1 is 0.892 bits per heavy atom. The topological polar surface area (TPSA) is 86.8 Å². The first-order valence-electron chi connectivity index (χ1n) is 11.7. The molecule has 0 heterocycles. The van der Waals surface area contributed by atoms with Gasteiger partial charge in [-0.05, 0) is 58.2 Å². The number of anilines is 1. The smallest absolute Gasteiger partial charge is 0.244 e. The predicted octanol–water partition coefficient (Wildman–Crippen LogP) is 4.75. The number of carbonyl (C=O) groups is 2. The molecule has 0 aliphatic rings. The van der Waals surface area contributed by atoms with Crippen molar-refractivity contribution in [1.82, 2.24) is 10.2 Å². The molecule has 196 valence electrons. The van der Waals surface area contributed by atoms with E-state index in [0.29, 0.717) is 16.7 Å². The molecule has 0 radical (unpaired) electrons. The molecule has 0 aliphatic heterocycles. The maximum atomic E-state index is 13.9. The van der Waals surface area contributed by atoms with Gasteiger partial charge in [-0.25, -0.2) is 8.42 Å². The number of nitrogens with zero attached hydrogens (tertiary/aromatic N) is 2. The molecule has 0 saturated carbocycles. The second kappa shape index (κ2) is 13.2. The van der Waals surface area contributed by atoms with Gasteiger partial charge in [0.25, 0.3) is 0 Å². The second-order valence-electron chi connectivity index (χ2n) is 8.47. The van der Waals surface area contributed by atoms with Crippen LogP contribution in [0.25, 0.3) is 0 Å². The van der Waals surface area contributed by atoms with Crippen LogP contribution in [-0.2, 0) is 32.6 Å². The molecule has 3 rings (SSSR count). The average Bonchev–Trinajstić information content (AvgIpc) is 2.86. The summed E-state index contributed by atoms with van der Waals surface area (Å²) in [5.74, 6) is -0.792. The highest BCUT2D eigenvalue weighted by atomic mass is 79.9.